The normalized spacial score (nSPS) is 11.0. The molecule has 0 aliphatic heterocycles. The molecule has 0 amide bonds. The minimum Gasteiger partial charge on any atom is -0.477 e. The van der Waals surface area contributed by atoms with Crippen LogP contribution in [-0.2, 0) is 7.05 Å². The van der Waals surface area contributed by atoms with Gasteiger partial charge in [-0.05, 0) is 47.0 Å². The Morgan fingerprint density at radius 2 is 2.20 bits per heavy atom. The van der Waals surface area contributed by atoms with E-state index >= 15 is 0 Å². The summed E-state index contributed by atoms with van der Waals surface area (Å²) in [6.45, 7) is 0. The maximum atomic E-state index is 14.2. The zero-order valence-corrected chi connectivity index (χ0v) is 16.8. The second-order valence-corrected chi connectivity index (χ2v) is 8.30. The minimum atomic E-state index is -1.24. The number of carboxylic acid groups (broad SMARTS) is 1. The predicted molar refractivity (Wildman–Crippen MR) is 106 cm³/mol. The first kappa shape index (κ1) is 18.1. The lowest BCUT2D eigenvalue weighted by atomic mass is 10.2. The molecular formula is C15H11FIN3O3S2. The number of thiazole rings is 1. The van der Waals surface area contributed by atoms with Crippen LogP contribution < -0.4 is 10.9 Å². The van der Waals surface area contributed by atoms with Crippen LogP contribution in [0.25, 0.3) is 10.2 Å². The lowest BCUT2D eigenvalue weighted by Crippen LogP contribution is -2.23. The molecule has 0 atom stereocenters. The van der Waals surface area contributed by atoms with Gasteiger partial charge in [0.05, 0.1) is 5.69 Å². The fourth-order valence-electron chi connectivity index (χ4n) is 2.30. The Labute approximate surface area is 163 Å². The van der Waals surface area contributed by atoms with Crippen molar-refractivity contribution in [3.63, 3.8) is 0 Å². The Morgan fingerprint density at radius 3 is 2.80 bits per heavy atom. The van der Waals surface area contributed by atoms with Gasteiger partial charge in [-0.2, -0.15) is 0 Å². The van der Waals surface area contributed by atoms with Gasteiger partial charge in [0, 0.05) is 10.6 Å². The van der Waals surface area contributed by atoms with Crippen molar-refractivity contribution in [3.8, 4) is 0 Å². The van der Waals surface area contributed by atoms with E-state index in [0.717, 1.165) is 11.3 Å². The van der Waals surface area contributed by atoms with Gasteiger partial charge in [-0.25, -0.2) is 14.2 Å². The third-order valence-corrected chi connectivity index (χ3v) is 6.19. The molecule has 0 spiro atoms. The maximum Gasteiger partial charge on any atom is 0.341 e. The van der Waals surface area contributed by atoms with Crippen LogP contribution in [0.15, 0.2) is 27.3 Å². The highest BCUT2D eigenvalue weighted by atomic mass is 127. The first-order valence-electron chi connectivity index (χ1n) is 6.86. The monoisotopic (exact) mass is 491 g/mol. The lowest BCUT2D eigenvalue weighted by molar-refractivity contribution is 0.0699. The number of anilines is 2. The molecule has 0 fully saturated rings. The summed E-state index contributed by atoms with van der Waals surface area (Å²) in [6.07, 6.45) is 1.79. The number of nitrogens with one attached hydrogen (secondary N) is 1. The highest BCUT2D eigenvalue weighted by molar-refractivity contribution is 14.1. The molecule has 0 aliphatic carbocycles. The second kappa shape index (κ2) is 6.92. The summed E-state index contributed by atoms with van der Waals surface area (Å²) >= 11 is 4.44. The number of aromatic carboxylic acids is 1. The molecule has 0 radical (unpaired) electrons. The van der Waals surface area contributed by atoms with Crippen molar-refractivity contribution in [1.82, 2.24) is 9.55 Å². The minimum absolute atomic E-state index is 0.0111. The molecule has 2 heterocycles. The molecule has 130 valence electrons. The number of aromatic nitrogens is 2. The third-order valence-electron chi connectivity index (χ3n) is 3.49. The van der Waals surface area contributed by atoms with Crippen LogP contribution >= 0.6 is 45.7 Å². The molecule has 2 N–H and O–H groups in total. The molecule has 10 heteroatoms. The Morgan fingerprint density at radius 1 is 1.48 bits per heavy atom. The van der Waals surface area contributed by atoms with Crippen LogP contribution in [0, 0.1) is 9.39 Å². The number of thioether (sulfide) groups is 1. The van der Waals surface area contributed by atoms with E-state index in [1.807, 2.05) is 22.6 Å². The molecule has 0 bridgehead atoms. The van der Waals surface area contributed by atoms with Crippen molar-refractivity contribution in [2.24, 2.45) is 7.05 Å². The largest absolute Gasteiger partial charge is 0.477 e. The number of halogens is 2. The van der Waals surface area contributed by atoms with Crippen molar-refractivity contribution in [3.05, 3.63) is 43.5 Å². The van der Waals surface area contributed by atoms with E-state index in [0.29, 0.717) is 7.91 Å². The number of nitrogens with zero attached hydrogens (tertiary/aromatic N) is 2. The van der Waals surface area contributed by atoms with Crippen molar-refractivity contribution < 1.29 is 14.3 Å². The SMILES string of the molecule is CSc1nc2c(C(=O)O)c(Nc3ccc(I)cc3F)n(C)c(=O)c2s1. The fourth-order valence-corrected chi connectivity index (χ4v) is 4.30. The number of carboxylic acids is 1. The molecule has 1 aromatic carbocycles. The van der Waals surface area contributed by atoms with E-state index in [1.54, 1.807) is 12.3 Å². The Kier molecular flexibility index (Phi) is 5.02. The summed E-state index contributed by atoms with van der Waals surface area (Å²) < 4.78 is 16.9. The van der Waals surface area contributed by atoms with Crippen LogP contribution in [-0.4, -0.2) is 26.9 Å². The van der Waals surface area contributed by atoms with Crippen molar-refractivity contribution >= 4 is 73.4 Å². The van der Waals surface area contributed by atoms with Crippen molar-refractivity contribution in [1.29, 1.82) is 0 Å². The predicted octanol–water partition coefficient (Wildman–Crippen LogP) is 3.90. The number of carbonyl (C=O) groups is 1. The van der Waals surface area contributed by atoms with E-state index in [1.165, 1.54) is 35.5 Å². The summed E-state index contributed by atoms with van der Waals surface area (Å²) in [6, 6.07) is 4.48. The van der Waals surface area contributed by atoms with Gasteiger partial charge in [0.1, 0.15) is 27.4 Å². The number of benzene rings is 1. The van der Waals surface area contributed by atoms with E-state index in [-0.39, 0.29) is 32.8 Å². The Bertz CT molecular complexity index is 1060. The average molecular weight is 491 g/mol. The van der Waals surface area contributed by atoms with Crippen molar-refractivity contribution in [2.45, 2.75) is 4.34 Å². The molecule has 0 unspecified atom stereocenters. The Hall–Kier alpha value is -1.66. The van der Waals surface area contributed by atoms with Gasteiger partial charge in [0.2, 0.25) is 0 Å². The summed E-state index contributed by atoms with van der Waals surface area (Å²) in [5.74, 6) is -1.80. The summed E-state index contributed by atoms with van der Waals surface area (Å²) in [5.41, 5.74) is -0.353. The topological polar surface area (TPSA) is 84.2 Å². The van der Waals surface area contributed by atoms with E-state index < -0.39 is 11.8 Å². The van der Waals surface area contributed by atoms with Gasteiger partial charge in [0.25, 0.3) is 5.56 Å². The molecule has 25 heavy (non-hydrogen) atoms. The number of fused-ring (bicyclic) bond motifs is 1. The number of rotatable bonds is 4. The van der Waals surface area contributed by atoms with Crippen LogP contribution in [0.2, 0.25) is 0 Å². The van der Waals surface area contributed by atoms with Gasteiger partial charge in [-0.3, -0.25) is 9.36 Å². The van der Waals surface area contributed by atoms with Gasteiger partial charge < -0.3 is 10.4 Å². The lowest BCUT2D eigenvalue weighted by Gasteiger charge is -2.15. The molecular weight excluding hydrogens is 480 g/mol. The standard InChI is InChI=1S/C15H11FIN3O3S2/c1-20-12(18-8-4-3-6(17)5-7(8)16)9(14(22)23)10-11(13(20)21)25-15(19-10)24-2/h3-5,18H,1-2H3,(H,22,23). The maximum absolute atomic E-state index is 14.2. The van der Waals surface area contributed by atoms with E-state index in [2.05, 4.69) is 10.3 Å². The molecule has 0 saturated carbocycles. The van der Waals surface area contributed by atoms with Crippen LogP contribution in [0.3, 0.4) is 0 Å². The zero-order chi connectivity index (χ0) is 18.3. The van der Waals surface area contributed by atoms with Gasteiger partial charge in [0.15, 0.2) is 4.34 Å². The van der Waals surface area contributed by atoms with Gasteiger partial charge >= 0.3 is 5.97 Å². The number of hydrogen-bond acceptors (Lipinski definition) is 6. The Balaban J connectivity index is 2.29. The zero-order valence-electron chi connectivity index (χ0n) is 13.0. The molecule has 2 aromatic heterocycles. The third kappa shape index (κ3) is 3.25. The highest BCUT2D eigenvalue weighted by Gasteiger charge is 2.24. The number of hydrogen-bond donors (Lipinski definition) is 2. The highest BCUT2D eigenvalue weighted by Crippen LogP contribution is 2.32. The quantitative estimate of drug-likeness (QED) is 0.426. The molecule has 3 rings (SSSR count). The van der Waals surface area contributed by atoms with E-state index in [9.17, 15) is 19.1 Å². The summed E-state index contributed by atoms with van der Waals surface area (Å²) in [7, 11) is 1.44. The summed E-state index contributed by atoms with van der Waals surface area (Å²) in [5, 5.41) is 12.4. The first-order chi connectivity index (χ1) is 11.8. The van der Waals surface area contributed by atoms with Crippen LogP contribution in [0.5, 0.6) is 0 Å². The van der Waals surface area contributed by atoms with Gasteiger partial charge in [-0.1, -0.05) is 11.8 Å². The molecule has 3 aromatic rings. The first-order valence-corrected chi connectivity index (χ1v) is 9.98. The molecule has 0 aliphatic rings. The average Bonchev–Trinajstić information content (AvgIpc) is 2.98. The van der Waals surface area contributed by atoms with E-state index in [4.69, 9.17) is 0 Å². The summed E-state index contributed by atoms with van der Waals surface area (Å²) in [4.78, 5) is 28.7. The molecule has 6 nitrogen and oxygen atoms in total. The second-order valence-electron chi connectivity index (χ2n) is 5.00. The van der Waals surface area contributed by atoms with Gasteiger partial charge in [-0.15, -0.1) is 11.3 Å². The van der Waals surface area contributed by atoms with Crippen LogP contribution in [0.4, 0.5) is 15.9 Å². The van der Waals surface area contributed by atoms with Crippen molar-refractivity contribution in [2.75, 3.05) is 11.6 Å². The van der Waals surface area contributed by atoms with Crippen LogP contribution in [0.1, 0.15) is 10.4 Å². The fraction of sp³-hybridized carbons (Fsp3) is 0.133. The smallest absolute Gasteiger partial charge is 0.341 e. The molecule has 0 saturated heterocycles. The number of pyridine rings is 1.